The highest BCUT2D eigenvalue weighted by Gasteiger charge is 2.27. The van der Waals surface area contributed by atoms with Gasteiger partial charge < -0.3 is 21.3 Å². The second kappa shape index (κ2) is 7.50. The van der Waals surface area contributed by atoms with Gasteiger partial charge in [-0.05, 0) is 18.4 Å². The molecule has 6 nitrogen and oxygen atoms in total. The molecule has 0 aromatic heterocycles. The molecule has 0 aliphatic carbocycles. The van der Waals surface area contributed by atoms with Gasteiger partial charge in [0.05, 0.1) is 0 Å². The lowest BCUT2D eigenvalue weighted by Crippen LogP contribution is -2.48. The minimum Gasteiger partial charge on any atom is -0.380 e. The molecule has 0 radical (unpaired) electrons. The SMILES string of the molecule is NC(=O)[C@H](O)C(O)C(=O)NCCCc1ccccc1. The Kier molecular flexibility index (Phi) is 5.98. The van der Waals surface area contributed by atoms with Crippen LogP contribution in [0.25, 0.3) is 0 Å². The Labute approximate surface area is 111 Å². The van der Waals surface area contributed by atoms with Crippen molar-refractivity contribution in [1.29, 1.82) is 0 Å². The minimum atomic E-state index is -1.88. The molecule has 0 saturated carbocycles. The van der Waals surface area contributed by atoms with Crippen molar-refractivity contribution < 1.29 is 19.8 Å². The first-order chi connectivity index (χ1) is 9.02. The maximum Gasteiger partial charge on any atom is 0.252 e. The van der Waals surface area contributed by atoms with E-state index in [9.17, 15) is 14.7 Å². The molecular weight excluding hydrogens is 248 g/mol. The molecule has 2 atom stereocenters. The fourth-order valence-corrected chi connectivity index (χ4v) is 1.55. The summed E-state index contributed by atoms with van der Waals surface area (Å²) in [6.07, 6.45) is -2.23. The van der Waals surface area contributed by atoms with Crippen molar-refractivity contribution in [2.75, 3.05) is 6.54 Å². The predicted octanol–water partition coefficient (Wildman–Crippen LogP) is -1.06. The molecule has 0 spiro atoms. The van der Waals surface area contributed by atoms with Crippen molar-refractivity contribution >= 4 is 11.8 Å². The average molecular weight is 266 g/mol. The van der Waals surface area contributed by atoms with Crippen LogP contribution in [0.4, 0.5) is 0 Å². The number of amides is 2. The van der Waals surface area contributed by atoms with Gasteiger partial charge >= 0.3 is 0 Å². The number of carbonyl (C=O) groups is 2. The molecule has 1 aromatic carbocycles. The van der Waals surface area contributed by atoms with Crippen LogP contribution < -0.4 is 11.1 Å². The fourth-order valence-electron chi connectivity index (χ4n) is 1.55. The van der Waals surface area contributed by atoms with Crippen molar-refractivity contribution in [2.45, 2.75) is 25.0 Å². The number of hydrogen-bond acceptors (Lipinski definition) is 4. The Morgan fingerprint density at radius 2 is 1.79 bits per heavy atom. The van der Waals surface area contributed by atoms with Gasteiger partial charge in [-0.1, -0.05) is 30.3 Å². The van der Waals surface area contributed by atoms with E-state index in [1.807, 2.05) is 30.3 Å². The molecule has 1 aromatic rings. The molecule has 0 bridgehead atoms. The van der Waals surface area contributed by atoms with Crippen LogP contribution in [0, 0.1) is 0 Å². The van der Waals surface area contributed by atoms with Gasteiger partial charge in [-0.15, -0.1) is 0 Å². The molecule has 1 rings (SSSR count). The summed E-state index contributed by atoms with van der Waals surface area (Å²) >= 11 is 0. The van der Waals surface area contributed by atoms with Gasteiger partial charge in [0.1, 0.15) is 0 Å². The Hall–Kier alpha value is -1.92. The Morgan fingerprint density at radius 3 is 2.37 bits per heavy atom. The van der Waals surface area contributed by atoms with Crippen LogP contribution in [0.3, 0.4) is 0 Å². The summed E-state index contributed by atoms with van der Waals surface area (Å²) in [5.41, 5.74) is 5.92. The molecule has 1 unspecified atom stereocenters. The minimum absolute atomic E-state index is 0.344. The highest BCUT2D eigenvalue weighted by molar-refractivity contribution is 5.89. The molecule has 104 valence electrons. The molecular formula is C13H18N2O4. The summed E-state index contributed by atoms with van der Waals surface area (Å²) in [7, 11) is 0. The molecule has 0 aliphatic heterocycles. The number of hydrogen-bond donors (Lipinski definition) is 4. The zero-order chi connectivity index (χ0) is 14.3. The zero-order valence-corrected chi connectivity index (χ0v) is 10.5. The first kappa shape index (κ1) is 15.1. The normalized spacial score (nSPS) is 13.6. The van der Waals surface area contributed by atoms with E-state index in [-0.39, 0.29) is 0 Å². The van der Waals surface area contributed by atoms with Crippen LogP contribution in [0.15, 0.2) is 30.3 Å². The van der Waals surface area contributed by atoms with Gasteiger partial charge in [0.25, 0.3) is 5.91 Å². The van der Waals surface area contributed by atoms with Crippen molar-refractivity contribution in [3.8, 4) is 0 Å². The second-order valence-corrected chi connectivity index (χ2v) is 4.17. The van der Waals surface area contributed by atoms with E-state index in [0.717, 1.165) is 12.0 Å². The summed E-state index contributed by atoms with van der Waals surface area (Å²) in [4.78, 5) is 22.0. The highest BCUT2D eigenvalue weighted by Crippen LogP contribution is 2.01. The number of rotatable bonds is 7. The number of benzene rings is 1. The van der Waals surface area contributed by atoms with E-state index in [1.54, 1.807) is 0 Å². The fraction of sp³-hybridized carbons (Fsp3) is 0.385. The van der Waals surface area contributed by atoms with Crippen molar-refractivity contribution in [3.63, 3.8) is 0 Å². The summed E-state index contributed by atoms with van der Waals surface area (Å²) in [5, 5.41) is 20.9. The standard InChI is InChI=1S/C13H18N2O4/c14-12(18)10(16)11(17)13(19)15-8-4-7-9-5-2-1-3-6-9/h1-3,5-6,10-11,16-17H,4,7-8H2,(H2,14,18)(H,15,19)/t10-,11?/m1/s1. The molecule has 0 fully saturated rings. The lowest BCUT2D eigenvalue weighted by atomic mass is 10.1. The van der Waals surface area contributed by atoms with Crippen molar-refractivity contribution in [2.24, 2.45) is 5.73 Å². The Balaban J connectivity index is 2.26. The Bertz CT molecular complexity index is 422. The number of nitrogens with two attached hydrogens (primary N) is 1. The Morgan fingerprint density at radius 1 is 1.16 bits per heavy atom. The zero-order valence-electron chi connectivity index (χ0n) is 10.5. The van der Waals surface area contributed by atoms with Gasteiger partial charge in [-0.2, -0.15) is 0 Å². The maximum atomic E-state index is 11.4. The third kappa shape index (κ3) is 5.07. The van der Waals surface area contributed by atoms with Crippen LogP contribution in [-0.4, -0.2) is 40.8 Å². The first-order valence-corrected chi connectivity index (χ1v) is 5.99. The highest BCUT2D eigenvalue weighted by atomic mass is 16.3. The second-order valence-electron chi connectivity index (χ2n) is 4.17. The predicted molar refractivity (Wildman–Crippen MR) is 69.0 cm³/mol. The van der Waals surface area contributed by atoms with Crippen LogP contribution in [0.2, 0.25) is 0 Å². The van der Waals surface area contributed by atoms with Crippen LogP contribution in [0.5, 0.6) is 0 Å². The smallest absolute Gasteiger partial charge is 0.252 e. The van der Waals surface area contributed by atoms with E-state index < -0.39 is 24.0 Å². The molecule has 0 saturated heterocycles. The lowest BCUT2D eigenvalue weighted by Gasteiger charge is -2.14. The van der Waals surface area contributed by atoms with Crippen LogP contribution in [0.1, 0.15) is 12.0 Å². The van der Waals surface area contributed by atoms with Crippen LogP contribution >= 0.6 is 0 Å². The van der Waals surface area contributed by atoms with E-state index in [2.05, 4.69) is 5.32 Å². The maximum absolute atomic E-state index is 11.4. The van der Waals surface area contributed by atoms with Gasteiger partial charge in [-0.25, -0.2) is 0 Å². The monoisotopic (exact) mass is 266 g/mol. The number of aliphatic hydroxyl groups excluding tert-OH is 2. The van der Waals surface area contributed by atoms with Crippen molar-refractivity contribution in [3.05, 3.63) is 35.9 Å². The number of carbonyl (C=O) groups excluding carboxylic acids is 2. The number of primary amides is 1. The number of aliphatic hydroxyl groups is 2. The summed E-state index contributed by atoms with van der Waals surface area (Å²) in [6, 6.07) is 9.75. The quantitative estimate of drug-likeness (QED) is 0.471. The van der Waals surface area contributed by atoms with Gasteiger partial charge in [-0.3, -0.25) is 9.59 Å². The summed E-state index contributed by atoms with van der Waals surface area (Å²) in [5.74, 6) is -1.94. The third-order valence-corrected chi connectivity index (χ3v) is 2.64. The molecule has 0 aliphatic rings. The largest absolute Gasteiger partial charge is 0.380 e. The molecule has 5 N–H and O–H groups in total. The molecule has 2 amide bonds. The van der Waals surface area contributed by atoms with E-state index in [4.69, 9.17) is 10.8 Å². The topological polar surface area (TPSA) is 113 Å². The average Bonchev–Trinajstić information content (AvgIpc) is 2.42. The van der Waals surface area contributed by atoms with E-state index in [1.165, 1.54) is 0 Å². The first-order valence-electron chi connectivity index (χ1n) is 5.99. The van der Waals surface area contributed by atoms with Crippen LogP contribution in [-0.2, 0) is 16.0 Å². The van der Waals surface area contributed by atoms with Gasteiger partial charge in [0, 0.05) is 6.54 Å². The number of aryl methyl sites for hydroxylation is 1. The molecule has 6 heteroatoms. The van der Waals surface area contributed by atoms with Gasteiger partial charge in [0.2, 0.25) is 5.91 Å². The third-order valence-electron chi connectivity index (χ3n) is 2.64. The lowest BCUT2D eigenvalue weighted by molar-refractivity contribution is -0.144. The van der Waals surface area contributed by atoms with E-state index in [0.29, 0.717) is 13.0 Å². The number of nitrogens with one attached hydrogen (secondary N) is 1. The van der Waals surface area contributed by atoms with E-state index >= 15 is 0 Å². The summed E-state index contributed by atoms with van der Waals surface area (Å²) < 4.78 is 0. The van der Waals surface area contributed by atoms with Crippen molar-refractivity contribution in [1.82, 2.24) is 5.32 Å². The molecule has 19 heavy (non-hydrogen) atoms. The van der Waals surface area contributed by atoms with Gasteiger partial charge in [0.15, 0.2) is 12.2 Å². The summed E-state index contributed by atoms with van der Waals surface area (Å²) in [6.45, 7) is 0.344. The molecule has 0 heterocycles.